The molecule has 0 fully saturated rings. The van der Waals surface area contributed by atoms with E-state index in [1.54, 1.807) is 0 Å². The van der Waals surface area contributed by atoms with Crippen molar-refractivity contribution < 1.29 is 4.79 Å². The number of amides is 1. The minimum atomic E-state index is -0.297. The fraction of sp³-hybridized carbons (Fsp3) is 0.278. The second-order valence-corrected chi connectivity index (χ2v) is 6.61. The monoisotopic (exact) mass is 358 g/mol. The summed E-state index contributed by atoms with van der Waals surface area (Å²) in [4.78, 5) is 12.3. The smallest absolute Gasteiger partial charge is 0.246 e. The Hall–Kier alpha value is -1.81. The van der Waals surface area contributed by atoms with E-state index in [1.165, 1.54) is 17.5 Å². The van der Waals surface area contributed by atoms with Crippen LogP contribution in [-0.2, 0) is 17.6 Å². The number of halogens is 1. The Bertz CT molecular complexity index is 682. The molecule has 1 amide bonds. The lowest BCUT2D eigenvalue weighted by atomic mass is 10.1. The summed E-state index contributed by atoms with van der Waals surface area (Å²) in [6.07, 6.45) is 3.49. The van der Waals surface area contributed by atoms with Crippen molar-refractivity contribution in [2.75, 3.05) is 10.6 Å². The van der Waals surface area contributed by atoms with E-state index in [2.05, 4.69) is 38.7 Å². The van der Waals surface area contributed by atoms with E-state index in [0.29, 0.717) is 0 Å². The molecule has 0 saturated carbocycles. The molecule has 2 N–H and O–H groups in total. The predicted molar refractivity (Wildman–Crippen MR) is 94.3 cm³/mol. The van der Waals surface area contributed by atoms with E-state index in [-0.39, 0.29) is 11.9 Å². The number of nitrogens with one attached hydrogen (secondary N) is 2. The molecule has 1 aliphatic rings. The fourth-order valence-electron chi connectivity index (χ4n) is 2.76. The second-order valence-electron chi connectivity index (χ2n) is 5.70. The molecule has 4 heteroatoms. The van der Waals surface area contributed by atoms with Gasteiger partial charge in [0.05, 0.1) is 0 Å². The quantitative estimate of drug-likeness (QED) is 0.851. The molecule has 1 aliphatic carbocycles. The molecule has 3 rings (SSSR count). The molecule has 1 atom stereocenters. The third-order valence-corrected chi connectivity index (χ3v) is 4.52. The lowest BCUT2D eigenvalue weighted by molar-refractivity contribution is -0.116. The third kappa shape index (κ3) is 3.50. The van der Waals surface area contributed by atoms with Gasteiger partial charge in [-0.2, -0.15) is 0 Å². The maximum Gasteiger partial charge on any atom is 0.246 e. The highest BCUT2D eigenvalue weighted by atomic mass is 79.9. The molecule has 0 aliphatic heterocycles. The van der Waals surface area contributed by atoms with Crippen molar-refractivity contribution in [2.45, 2.75) is 32.2 Å². The van der Waals surface area contributed by atoms with E-state index in [0.717, 1.165) is 28.7 Å². The maximum atomic E-state index is 12.3. The van der Waals surface area contributed by atoms with Crippen LogP contribution in [0.5, 0.6) is 0 Å². The van der Waals surface area contributed by atoms with Crippen molar-refractivity contribution in [2.24, 2.45) is 0 Å². The molecular weight excluding hydrogens is 340 g/mol. The Kier molecular flexibility index (Phi) is 4.48. The molecule has 0 radical (unpaired) electrons. The standard InChI is InChI=1S/C18H19BrN2O/c1-12(20-16-9-6-15(19)7-10-16)18(22)21-17-8-5-13-3-2-4-14(13)11-17/h5-12,20H,2-4H2,1H3,(H,21,22)/t12-/m0/s1. The van der Waals surface area contributed by atoms with Crippen molar-refractivity contribution in [3.8, 4) is 0 Å². The number of hydrogen-bond acceptors (Lipinski definition) is 2. The van der Waals surface area contributed by atoms with Gasteiger partial charge in [-0.25, -0.2) is 0 Å². The predicted octanol–water partition coefficient (Wildman–Crippen LogP) is 4.38. The van der Waals surface area contributed by atoms with Crippen molar-refractivity contribution in [1.82, 2.24) is 0 Å². The number of benzene rings is 2. The van der Waals surface area contributed by atoms with Gasteiger partial charge in [-0.1, -0.05) is 22.0 Å². The van der Waals surface area contributed by atoms with Crippen molar-refractivity contribution in [3.05, 3.63) is 58.1 Å². The van der Waals surface area contributed by atoms with E-state index in [9.17, 15) is 4.79 Å². The molecule has 114 valence electrons. The zero-order valence-electron chi connectivity index (χ0n) is 12.5. The average molecular weight is 359 g/mol. The molecule has 2 aromatic carbocycles. The highest BCUT2D eigenvalue weighted by molar-refractivity contribution is 9.10. The van der Waals surface area contributed by atoms with Crippen molar-refractivity contribution >= 4 is 33.2 Å². The summed E-state index contributed by atoms with van der Waals surface area (Å²) in [5.41, 5.74) is 4.60. The van der Waals surface area contributed by atoms with Crippen LogP contribution in [0.4, 0.5) is 11.4 Å². The Balaban J connectivity index is 1.62. The first kappa shape index (κ1) is 15.1. The Labute approximate surface area is 139 Å². The number of hydrogen-bond donors (Lipinski definition) is 2. The average Bonchev–Trinajstić information content (AvgIpc) is 2.97. The van der Waals surface area contributed by atoms with Gasteiger partial charge in [-0.05, 0) is 73.7 Å². The number of carbonyl (C=O) groups excluding carboxylic acids is 1. The van der Waals surface area contributed by atoms with Crippen LogP contribution in [0.2, 0.25) is 0 Å². The largest absolute Gasteiger partial charge is 0.374 e. The first-order valence-electron chi connectivity index (χ1n) is 7.56. The van der Waals surface area contributed by atoms with E-state index < -0.39 is 0 Å². The second kappa shape index (κ2) is 6.53. The number of rotatable bonds is 4. The van der Waals surface area contributed by atoms with E-state index >= 15 is 0 Å². The van der Waals surface area contributed by atoms with Crippen LogP contribution < -0.4 is 10.6 Å². The number of carbonyl (C=O) groups is 1. The first-order chi connectivity index (χ1) is 10.6. The lowest BCUT2D eigenvalue weighted by Crippen LogP contribution is -2.31. The molecule has 0 unspecified atom stereocenters. The molecule has 0 saturated heterocycles. The third-order valence-electron chi connectivity index (χ3n) is 3.99. The van der Waals surface area contributed by atoms with E-state index in [4.69, 9.17) is 0 Å². The Morgan fingerprint density at radius 1 is 1.05 bits per heavy atom. The molecule has 0 heterocycles. The molecule has 22 heavy (non-hydrogen) atoms. The molecule has 2 aromatic rings. The minimum absolute atomic E-state index is 0.0270. The SMILES string of the molecule is C[C@H](Nc1ccc(Br)cc1)C(=O)Nc1ccc2c(c1)CCC2. The lowest BCUT2D eigenvalue weighted by Gasteiger charge is -2.16. The van der Waals surface area contributed by atoms with Gasteiger partial charge in [0.2, 0.25) is 5.91 Å². The summed E-state index contributed by atoms with van der Waals surface area (Å²) < 4.78 is 1.02. The summed E-state index contributed by atoms with van der Waals surface area (Å²) >= 11 is 3.40. The molecule has 0 bridgehead atoms. The van der Waals surface area contributed by atoms with Gasteiger partial charge >= 0.3 is 0 Å². The zero-order chi connectivity index (χ0) is 15.5. The summed E-state index contributed by atoms with van der Waals surface area (Å²) in [6.45, 7) is 1.87. The number of fused-ring (bicyclic) bond motifs is 1. The Morgan fingerprint density at radius 3 is 2.50 bits per heavy atom. The summed E-state index contributed by atoms with van der Waals surface area (Å²) in [5.74, 6) is -0.0270. The van der Waals surface area contributed by atoms with Crippen LogP contribution in [-0.4, -0.2) is 11.9 Å². The van der Waals surface area contributed by atoms with Crippen LogP contribution in [0.3, 0.4) is 0 Å². The highest BCUT2D eigenvalue weighted by Gasteiger charge is 2.15. The summed E-state index contributed by atoms with van der Waals surface area (Å²) in [7, 11) is 0. The van der Waals surface area contributed by atoms with Gasteiger partial charge in [0.1, 0.15) is 6.04 Å². The van der Waals surface area contributed by atoms with Crippen LogP contribution in [0.1, 0.15) is 24.5 Å². The molecule has 3 nitrogen and oxygen atoms in total. The van der Waals surface area contributed by atoms with Crippen LogP contribution in [0, 0.1) is 0 Å². The summed E-state index contributed by atoms with van der Waals surface area (Å²) in [5, 5.41) is 6.20. The van der Waals surface area contributed by atoms with Gasteiger partial charge in [-0.3, -0.25) is 4.79 Å². The number of anilines is 2. The van der Waals surface area contributed by atoms with Crippen LogP contribution in [0.25, 0.3) is 0 Å². The number of aryl methyl sites for hydroxylation is 2. The highest BCUT2D eigenvalue weighted by Crippen LogP contribution is 2.25. The van der Waals surface area contributed by atoms with Crippen LogP contribution in [0.15, 0.2) is 46.9 Å². The van der Waals surface area contributed by atoms with Gasteiger partial charge in [0.15, 0.2) is 0 Å². The zero-order valence-corrected chi connectivity index (χ0v) is 14.1. The van der Waals surface area contributed by atoms with E-state index in [1.807, 2.05) is 37.3 Å². The van der Waals surface area contributed by atoms with Gasteiger partial charge in [-0.15, -0.1) is 0 Å². The Morgan fingerprint density at radius 2 is 1.73 bits per heavy atom. The normalized spacial score (nSPS) is 14.3. The van der Waals surface area contributed by atoms with Crippen molar-refractivity contribution in [1.29, 1.82) is 0 Å². The topological polar surface area (TPSA) is 41.1 Å². The molecule has 0 aromatic heterocycles. The van der Waals surface area contributed by atoms with Gasteiger partial charge in [0.25, 0.3) is 0 Å². The first-order valence-corrected chi connectivity index (χ1v) is 8.36. The molecule has 0 spiro atoms. The van der Waals surface area contributed by atoms with Crippen molar-refractivity contribution in [3.63, 3.8) is 0 Å². The minimum Gasteiger partial charge on any atom is -0.374 e. The maximum absolute atomic E-state index is 12.3. The fourth-order valence-corrected chi connectivity index (χ4v) is 3.03. The summed E-state index contributed by atoms with van der Waals surface area (Å²) in [6, 6.07) is 13.7. The van der Waals surface area contributed by atoms with Gasteiger partial charge < -0.3 is 10.6 Å². The van der Waals surface area contributed by atoms with Gasteiger partial charge in [0, 0.05) is 15.8 Å². The molecular formula is C18H19BrN2O. The van der Waals surface area contributed by atoms with Crippen LogP contribution >= 0.6 is 15.9 Å².